The number of carbonyl (C=O) groups is 1. The summed E-state index contributed by atoms with van der Waals surface area (Å²) in [6.45, 7) is 7.64. The van der Waals surface area contributed by atoms with Crippen LogP contribution in [0.3, 0.4) is 0 Å². The highest BCUT2D eigenvalue weighted by Gasteiger charge is 2.20. The van der Waals surface area contributed by atoms with Crippen LogP contribution in [0.25, 0.3) is 16.7 Å². The van der Waals surface area contributed by atoms with E-state index in [2.05, 4.69) is 30.1 Å². The average Bonchev–Trinajstić information content (AvgIpc) is 3.32. The number of nitrogens with one attached hydrogen (secondary N) is 1. The number of hydrogen-bond donors (Lipinski definition) is 1. The molecule has 1 aromatic heterocycles. The Balaban J connectivity index is 2.00. The number of halogens is 1. The van der Waals surface area contributed by atoms with Crippen molar-refractivity contribution in [3.8, 4) is 17.9 Å². The molecule has 0 bridgehead atoms. The lowest BCUT2D eigenvalue weighted by atomic mass is 10.0. The van der Waals surface area contributed by atoms with Crippen LogP contribution in [0, 0.1) is 28.5 Å². The first-order chi connectivity index (χ1) is 18.1. The number of nitriles is 2. The van der Waals surface area contributed by atoms with Crippen molar-refractivity contribution < 1.29 is 23.4 Å². The van der Waals surface area contributed by atoms with Crippen molar-refractivity contribution in [1.82, 2.24) is 15.1 Å². The minimum atomic E-state index is -1.29. The van der Waals surface area contributed by atoms with Gasteiger partial charge < -0.3 is 19.5 Å². The van der Waals surface area contributed by atoms with Crippen LogP contribution in [0.15, 0.2) is 42.1 Å². The van der Waals surface area contributed by atoms with Gasteiger partial charge in [0.1, 0.15) is 30.4 Å². The topological polar surface area (TPSA) is 122 Å². The second-order valence-corrected chi connectivity index (χ2v) is 15.3. The van der Waals surface area contributed by atoms with Crippen molar-refractivity contribution in [3.63, 3.8) is 0 Å². The quantitative estimate of drug-likeness (QED) is 0.161. The number of aromatic nitrogens is 2. The fourth-order valence-corrected chi connectivity index (χ4v) is 4.60. The number of hydrogen-bond acceptors (Lipinski definition) is 7. The Hall–Kier alpha value is -4.19. The van der Waals surface area contributed by atoms with Gasteiger partial charge in [-0.15, -0.1) is 0 Å². The van der Waals surface area contributed by atoms with Gasteiger partial charge in [0.2, 0.25) is 0 Å². The molecule has 0 fully saturated rings. The third-order valence-corrected chi connectivity index (χ3v) is 7.54. The number of carbonyl (C=O) groups excluding carboxylic acids is 1. The third-order valence-electron chi connectivity index (χ3n) is 5.84. The molecule has 3 aromatic rings. The van der Waals surface area contributed by atoms with Crippen LogP contribution in [0.2, 0.25) is 25.7 Å². The average molecular weight is 536 g/mol. The molecule has 0 aliphatic carbocycles. The van der Waals surface area contributed by atoms with Gasteiger partial charge in [0.25, 0.3) is 5.91 Å². The maximum atomic E-state index is 13.8. The first-order valence-electron chi connectivity index (χ1n) is 11.9. The Morgan fingerprint density at radius 1 is 1.13 bits per heavy atom. The van der Waals surface area contributed by atoms with Crippen molar-refractivity contribution in [2.45, 2.75) is 39.0 Å². The van der Waals surface area contributed by atoms with Gasteiger partial charge >= 0.3 is 0 Å². The lowest BCUT2D eigenvalue weighted by molar-refractivity contribution is 0.0816. The summed E-state index contributed by atoms with van der Waals surface area (Å²) in [5.74, 6) is -0.689. The van der Waals surface area contributed by atoms with Crippen LogP contribution < -0.4 is 10.1 Å². The molecular weight excluding hydrogens is 505 g/mol. The van der Waals surface area contributed by atoms with Gasteiger partial charge in [0.05, 0.1) is 31.5 Å². The van der Waals surface area contributed by atoms with Crippen molar-refractivity contribution >= 4 is 30.6 Å². The molecule has 0 radical (unpaired) electrons. The zero-order valence-corrected chi connectivity index (χ0v) is 23.1. The molecule has 0 aliphatic heterocycles. The Bertz CT molecular complexity index is 1430. The van der Waals surface area contributed by atoms with Crippen LogP contribution >= 0.6 is 0 Å². The molecule has 1 heterocycles. The third kappa shape index (κ3) is 6.57. The molecule has 0 atom stereocenters. The summed E-state index contributed by atoms with van der Waals surface area (Å²) in [6, 6.07) is 11.9. The summed E-state index contributed by atoms with van der Waals surface area (Å²) >= 11 is 0. The number of fused-ring (bicyclic) bond motifs is 1. The lowest BCUT2D eigenvalue weighted by Crippen LogP contribution is -2.24. The van der Waals surface area contributed by atoms with Crippen molar-refractivity contribution in [3.05, 3.63) is 64.6 Å². The van der Waals surface area contributed by atoms with Crippen LogP contribution in [0.4, 0.5) is 4.39 Å². The first-order valence-corrected chi connectivity index (χ1v) is 15.6. The number of amides is 1. The zero-order valence-electron chi connectivity index (χ0n) is 22.1. The van der Waals surface area contributed by atoms with Crippen molar-refractivity contribution in [2.24, 2.45) is 0 Å². The van der Waals surface area contributed by atoms with E-state index in [0.717, 1.165) is 12.1 Å². The molecule has 9 nitrogen and oxygen atoms in total. The van der Waals surface area contributed by atoms with Crippen LogP contribution in [-0.2, 0) is 22.7 Å². The predicted octanol–water partition coefficient (Wildman–Crippen LogP) is 4.83. The predicted molar refractivity (Wildman–Crippen MR) is 143 cm³/mol. The SMILES string of the molecule is COC(=C(C#N)C#N)c1ccc(CNC(=O)c2cc(F)ccc2OC)c2c1cnn2COCC[Si](C)(C)C. The van der Waals surface area contributed by atoms with E-state index in [-0.39, 0.29) is 35.9 Å². The molecule has 38 heavy (non-hydrogen) atoms. The Kier molecular flexibility index (Phi) is 9.24. The molecule has 0 saturated carbocycles. The summed E-state index contributed by atoms with van der Waals surface area (Å²) in [4.78, 5) is 12.9. The lowest BCUT2D eigenvalue weighted by Gasteiger charge is -2.16. The maximum Gasteiger partial charge on any atom is 0.255 e. The number of ether oxygens (including phenoxy) is 3. The van der Waals surface area contributed by atoms with E-state index in [1.54, 1.807) is 23.0 Å². The Morgan fingerprint density at radius 3 is 2.50 bits per heavy atom. The Labute approximate surface area is 222 Å². The molecule has 0 spiro atoms. The molecule has 0 unspecified atom stereocenters. The molecular formula is C27H30FN5O4Si. The number of nitrogens with zero attached hydrogens (tertiary/aromatic N) is 4. The molecule has 0 saturated heterocycles. The molecule has 1 N–H and O–H groups in total. The van der Waals surface area contributed by atoms with E-state index < -0.39 is 19.8 Å². The monoisotopic (exact) mass is 535 g/mol. The second kappa shape index (κ2) is 12.4. The van der Waals surface area contributed by atoms with E-state index in [1.807, 2.05) is 12.1 Å². The second-order valence-electron chi connectivity index (χ2n) is 9.69. The van der Waals surface area contributed by atoms with Gasteiger partial charge in [-0.1, -0.05) is 31.8 Å². The van der Waals surface area contributed by atoms with E-state index >= 15 is 0 Å². The fraction of sp³-hybridized carbons (Fsp3) is 0.333. The maximum absolute atomic E-state index is 13.8. The zero-order chi connectivity index (χ0) is 27.9. The Morgan fingerprint density at radius 2 is 1.87 bits per heavy atom. The molecule has 2 aromatic carbocycles. The molecule has 1 amide bonds. The summed E-state index contributed by atoms with van der Waals surface area (Å²) in [5.41, 5.74) is 1.75. The molecule has 3 rings (SSSR count). The summed E-state index contributed by atoms with van der Waals surface area (Å²) in [5, 5.41) is 26.7. The summed E-state index contributed by atoms with van der Waals surface area (Å²) < 4.78 is 32.0. The minimum Gasteiger partial charge on any atom is -0.496 e. The van der Waals surface area contributed by atoms with Crippen molar-refractivity contribution in [1.29, 1.82) is 10.5 Å². The standard InChI is InChI=1S/C27H30FN5O4Si/c1-35-24-9-7-20(28)12-22(24)27(34)31-15-18-6-8-21(26(36-2)19(13-29)14-30)23-16-32-33(25(18)23)17-37-10-11-38(3,4)5/h6-9,12,16H,10-11,15,17H2,1-5H3,(H,31,34). The molecule has 0 aliphatic rings. The fourth-order valence-electron chi connectivity index (χ4n) is 3.84. The largest absolute Gasteiger partial charge is 0.496 e. The first kappa shape index (κ1) is 28.4. The number of allylic oxidation sites excluding steroid dienone is 1. The van der Waals surface area contributed by atoms with E-state index in [9.17, 15) is 19.7 Å². The van der Waals surface area contributed by atoms with Crippen LogP contribution in [-0.4, -0.2) is 44.6 Å². The van der Waals surface area contributed by atoms with E-state index in [4.69, 9.17) is 14.2 Å². The van der Waals surface area contributed by atoms with Crippen LogP contribution in [0.5, 0.6) is 5.75 Å². The van der Waals surface area contributed by atoms with E-state index in [0.29, 0.717) is 28.6 Å². The highest BCUT2D eigenvalue weighted by molar-refractivity contribution is 6.76. The number of methoxy groups -OCH3 is 2. The van der Waals surface area contributed by atoms with Gasteiger partial charge in [-0.25, -0.2) is 9.07 Å². The van der Waals surface area contributed by atoms with E-state index in [1.165, 1.54) is 26.4 Å². The smallest absolute Gasteiger partial charge is 0.255 e. The van der Waals surface area contributed by atoms with Crippen molar-refractivity contribution in [2.75, 3.05) is 20.8 Å². The highest BCUT2D eigenvalue weighted by atomic mass is 28.3. The van der Waals surface area contributed by atoms with Gasteiger partial charge in [0, 0.05) is 32.2 Å². The molecule has 198 valence electrons. The minimum absolute atomic E-state index is 0.0702. The molecule has 11 heteroatoms. The van der Waals surface area contributed by atoms with Gasteiger partial charge in [-0.2, -0.15) is 15.6 Å². The highest BCUT2D eigenvalue weighted by Crippen LogP contribution is 2.30. The normalized spacial score (nSPS) is 10.9. The van der Waals surface area contributed by atoms with Gasteiger partial charge in [-0.05, 0) is 29.8 Å². The number of rotatable bonds is 11. The number of benzene rings is 2. The van der Waals surface area contributed by atoms with Gasteiger partial charge in [-0.3, -0.25) is 4.79 Å². The van der Waals surface area contributed by atoms with Gasteiger partial charge in [0.15, 0.2) is 11.3 Å². The summed E-state index contributed by atoms with van der Waals surface area (Å²) in [6.07, 6.45) is 1.61. The van der Waals surface area contributed by atoms with Crippen LogP contribution in [0.1, 0.15) is 21.5 Å². The summed E-state index contributed by atoms with van der Waals surface area (Å²) in [7, 11) is 1.51.